The maximum atomic E-state index is 14.1. The van der Waals surface area contributed by atoms with Crippen molar-refractivity contribution in [2.24, 2.45) is 0 Å². The van der Waals surface area contributed by atoms with Gasteiger partial charge in [0, 0.05) is 18.6 Å². The summed E-state index contributed by atoms with van der Waals surface area (Å²) in [6.07, 6.45) is 3.53. The Hall–Kier alpha value is -3.14. The maximum absolute atomic E-state index is 14.1. The van der Waals surface area contributed by atoms with Gasteiger partial charge >= 0.3 is 12.1 Å². The molecule has 3 aliphatic heterocycles. The molecule has 3 saturated heterocycles. The topological polar surface area (TPSA) is 108 Å². The Morgan fingerprint density at radius 2 is 1.48 bits per heavy atom. The van der Waals surface area contributed by atoms with Crippen LogP contribution in [-0.4, -0.2) is 93.5 Å². The molecule has 1 aromatic carbocycles. The van der Waals surface area contributed by atoms with Crippen LogP contribution in [0.2, 0.25) is 0 Å². The van der Waals surface area contributed by atoms with Gasteiger partial charge in [-0.2, -0.15) is 0 Å². The van der Waals surface area contributed by atoms with Crippen molar-refractivity contribution >= 4 is 23.9 Å². The van der Waals surface area contributed by atoms with E-state index in [0.29, 0.717) is 45.3 Å². The highest BCUT2D eigenvalue weighted by Crippen LogP contribution is 2.33. The fourth-order valence-corrected chi connectivity index (χ4v) is 6.34. The molecule has 10 heteroatoms. The minimum atomic E-state index is -0.721. The summed E-state index contributed by atoms with van der Waals surface area (Å²) in [4.78, 5) is 59.7. The molecule has 1 unspecified atom stereocenters. The van der Waals surface area contributed by atoms with Crippen LogP contribution in [0.25, 0.3) is 0 Å². The van der Waals surface area contributed by atoms with Gasteiger partial charge in [-0.15, -0.1) is 0 Å². The van der Waals surface area contributed by atoms with E-state index in [1.165, 1.54) is 0 Å². The van der Waals surface area contributed by atoms with Crippen LogP contribution in [0.5, 0.6) is 0 Å². The van der Waals surface area contributed by atoms with Gasteiger partial charge in [0.1, 0.15) is 24.3 Å². The molecular formula is C32H48N4O6. The molecule has 232 valence electrons. The lowest BCUT2D eigenvalue weighted by atomic mass is 9.99. The van der Waals surface area contributed by atoms with Gasteiger partial charge in [-0.25, -0.2) is 9.59 Å². The summed E-state index contributed by atoms with van der Waals surface area (Å²) in [5.41, 5.74) is -0.270. The van der Waals surface area contributed by atoms with Gasteiger partial charge in [-0.3, -0.25) is 14.5 Å². The zero-order chi connectivity index (χ0) is 30.7. The van der Waals surface area contributed by atoms with Crippen molar-refractivity contribution in [1.29, 1.82) is 0 Å². The number of carbonyl (C=O) groups is 4. The molecule has 4 atom stereocenters. The first kappa shape index (κ1) is 31.8. The molecular weight excluding hydrogens is 536 g/mol. The number of carbonyl (C=O) groups excluding carboxylic acids is 4. The lowest BCUT2D eigenvalue weighted by molar-refractivity contribution is -0.156. The average Bonchev–Trinajstić information content (AvgIpc) is 3.67. The Morgan fingerprint density at radius 1 is 0.857 bits per heavy atom. The molecule has 3 heterocycles. The number of likely N-dealkylation sites (tertiary alicyclic amines) is 3. The zero-order valence-corrected chi connectivity index (χ0v) is 26.1. The van der Waals surface area contributed by atoms with Crippen LogP contribution in [0.1, 0.15) is 85.6 Å². The zero-order valence-electron chi connectivity index (χ0n) is 26.1. The van der Waals surface area contributed by atoms with Crippen molar-refractivity contribution in [3.8, 4) is 0 Å². The molecule has 42 heavy (non-hydrogen) atoms. The van der Waals surface area contributed by atoms with E-state index in [0.717, 1.165) is 18.4 Å². The van der Waals surface area contributed by atoms with E-state index in [2.05, 4.69) is 5.32 Å². The fraction of sp³-hybridized carbons (Fsp3) is 0.688. The van der Waals surface area contributed by atoms with Crippen molar-refractivity contribution in [3.63, 3.8) is 0 Å². The third-order valence-corrected chi connectivity index (χ3v) is 8.03. The minimum Gasteiger partial charge on any atom is -0.459 e. The Balaban J connectivity index is 1.54. The summed E-state index contributed by atoms with van der Waals surface area (Å²) in [6.45, 7) is 12.9. The summed E-state index contributed by atoms with van der Waals surface area (Å²) < 4.78 is 11.3. The second-order valence-corrected chi connectivity index (χ2v) is 13.7. The molecule has 3 fully saturated rings. The van der Waals surface area contributed by atoms with E-state index in [4.69, 9.17) is 9.47 Å². The second kappa shape index (κ2) is 13.0. The number of amides is 3. The smallest absolute Gasteiger partial charge is 0.410 e. The predicted octanol–water partition coefficient (Wildman–Crippen LogP) is 3.87. The largest absolute Gasteiger partial charge is 0.459 e. The molecule has 3 aliphatic rings. The van der Waals surface area contributed by atoms with Crippen LogP contribution >= 0.6 is 0 Å². The predicted molar refractivity (Wildman–Crippen MR) is 158 cm³/mol. The van der Waals surface area contributed by atoms with Crippen LogP contribution in [0.4, 0.5) is 4.79 Å². The first-order valence-corrected chi connectivity index (χ1v) is 15.3. The average molecular weight is 585 g/mol. The third kappa shape index (κ3) is 7.82. The van der Waals surface area contributed by atoms with Gasteiger partial charge in [0.2, 0.25) is 11.8 Å². The maximum Gasteiger partial charge on any atom is 0.410 e. The number of nitrogens with one attached hydrogen (secondary N) is 1. The minimum absolute atomic E-state index is 0.151. The summed E-state index contributed by atoms with van der Waals surface area (Å²) in [6, 6.07) is 7.13. The number of esters is 1. The van der Waals surface area contributed by atoms with Gasteiger partial charge in [-0.05, 0) is 92.2 Å². The highest BCUT2D eigenvalue weighted by atomic mass is 16.6. The molecule has 0 spiro atoms. The highest BCUT2D eigenvalue weighted by molar-refractivity contribution is 5.90. The molecule has 10 nitrogen and oxygen atoms in total. The lowest BCUT2D eigenvalue weighted by Gasteiger charge is -2.41. The molecule has 1 aromatic rings. The van der Waals surface area contributed by atoms with Crippen molar-refractivity contribution in [1.82, 2.24) is 20.0 Å². The highest BCUT2D eigenvalue weighted by Gasteiger charge is 2.50. The van der Waals surface area contributed by atoms with E-state index in [1.54, 1.807) is 9.80 Å². The number of nitrogens with zero attached hydrogens (tertiary/aromatic N) is 3. The number of ether oxygens (including phenoxy) is 2. The van der Waals surface area contributed by atoms with Crippen molar-refractivity contribution in [2.45, 2.75) is 122 Å². The summed E-state index contributed by atoms with van der Waals surface area (Å²) in [5, 5.41) is 3.11. The fourth-order valence-electron chi connectivity index (χ4n) is 6.34. The number of hydrogen-bond donors (Lipinski definition) is 1. The standard InChI is InChI=1S/C32H48N4O6/c1-31(2,3)33-27(37)26(23-15-10-20-36(23)30(40)42-32(4,5)6)34-18-11-16-24(34)28(38)35-19-12-17-25(35)29(39)41-21-22-13-8-7-9-14-22/h7-9,13-14,23-26H,10-12,15-21H2,1-6H3,(H,33,37)/t23-,24-,25-,26?/m0/s1. The SMILES string of the molecule is CC(C)(C)NC(=O)C([C@@H]1CCCN1C(=O)OC(C)(C)C)N1CCC[C@H]1C(=O)N1CCC[C@H]1C(=O)OCc1ccccc1. The van der Waals surface area contributed by atoms with E-state index in [9.17, 15) is 19.2 Å². The van der Waals surface area contributed by atoms with Crippen LogP contribution in [0, 0.1) is 0 Å². The third-order valence-electron chi connectivity index (χ3n) is 8.03. The Morgan fingerprint density at radius 3 is 2.14 bits per heavy atom. The normalized spacial score (nSPS) is 24.0. The summed E-state index contributed by atoms with van der Waals surface area (Å²) in [5.74, 6) is -0.756. The first-order valence-electron chi connectivity index (χ1n) is 15.3. The lowest BCUT2D eigenvalue weighted by Crippen LogP contribution is -2.63. The summed E-state index contributed by atoms with van der Waals surface area (Å²) >= 11 is 0. The molecule has 1 N–H and O–H groups in total. The Bertz CT molecular complexity index is 1130. The van der Waals surface area contributed by atoms with Crippen molar-refractivity contribution < 1.29 is 28.7 Å². The van der Waals surface area contributed by atoms with E-state index >= 15 is 0 Å². The van der Waals surface area contributed by atoms with Crippen molar-refractivity contribution in [3.05, 3.63) is 35.9 Å². The Labute approximate surface area is 250 Å². The van der Waals surface area contributed by atoms with Crippen LogP contribution < -0.4 is 5.32 Å². The number of rotatable bonds is 7. The van der Waals surface area contributed by atoms with E-state index in [1.807, 2.05) is 76.8 Å². The van der Waals surface area contributed by atoms with Crippen LogP contribution in [-0.2, 0) is 30.5 Å². The molecule has 3 amide bonds. The van der Waals surface area contributed by atoms with Gasteiger partial charge in [0.25, 0.3) is 0 Å². The Kier molecular flexibility index (Phi) is 9.85. The van der Waals surface area contributed by atoms with Crippen LogP contribution in [0.15, 0.2) is 30.3 Å². The summed E-state index contributed by atoms with van der Waals surface area (Å²) in [7, 11) is 0. The monoisotopic (exact) mass is 584 g/mol. The molecule has 4 rings (SSSR count). The molecule has 0 aromatic heterocycles. The molecule has 0 radical (unpaired) electrons. The quantitative estimate of drug-likeness (QED) is 0.485. The van der Waals surface area contributed by atoms with E-state index < -0.39 is 47.4 Å². The first-order chi connectivity index (χ1) is 19.7. The molecule has 0 aliphatic carbocycles. The number of hydrogen-bond acceptors (Lipinski definition) is 7. The van der Waals surface area contributed by atoms with Gasteiger partial charge in [0.05, 0.1) is 12.1 Å². The van der Waals surface area contributed by atoms with Gasteiger partial charge in [0.15, 0.2) is 0 Å². The number of benzene rings is 1. The molecule has 0 bridgehead atoms. The van der Waals surface area contributed by atoms with Crippen molar-refractivity contribution in [2.75, 3.05) is 19.6 Å². The second-order valence-electron chi connectivity index (χ2n) is 13.7. The van der Waals surface area contributed by atoms with Gasteiger partial charge in [-0.1, -0.05) is 30.3 Å². The van der Waals surface area contributed by atoms with Gasteiger partial charge < -0.3 is 24.6 Å². The molecule has 0 saturated carbocycles. The van der Waals surface area contributed by atoms with E-state index in [-0.39, 0.29) is 18.4 Å². The van der Waals surface area contributed by atoms with Crippen LogP contribution in [0.3, 0.4) is 0 Å².